The summed E-state index contributed by atoms with van der Waals surface area (Å²) in [5, 5.41) is 16.5. The summed E-state index contributed by atoms with van der Waals surface area (Å²) in [6, 6.07) is 45.7. The van der Waals surface area contributed by atoms with Crippen LogP contribution in [0.4, 0.5) is 11.4 Å². The molecule has 0 bridgehead atoms. The van der Waals surface area contributed by atoms with Crippen molar-refractivity contribution in [1.82, 2.24) is 0 Å². The lowest BCUT2D eigenvalue weighted by molar-refractivity contribution is 1.17. The van der Waals surface area contributed by atoms with Gasteiger partial charge >= 0.3 is 0 Å². The average molecular weight is 499 g/mol. The van der Waals surface area contributed by atoms with Crippen LogP contribution in [0, 0.1) is 0 Å². The molecule has 0 heterocycles. The molecule has 2 nitrogen and oxygen atoms in total. The zero-order valence-electron chi connectivity index (χ0n) is 21.4. The molecule has 8 rings (SSSR count). The third kappa shape index (κ3) is 3.35. The van der Waals surface area contributed by atoms with Gasteiger partial charge in [-0.2, -0.15) is 0 Å². The van der Waals surface area contributed by atoms with E-state index in [1.807, 2.05) is 6.07 Å². The highest BCUT2D eigenvalue weighted by Gasteiger charge is 2.17. The van der Waals surface area contributed by atoms with E-state index in [4.69, 9.17) is 5.73 Å². The largest absolute Gasteiger partial charge is 0.398 e. The van der Waals surface area contributed by atoms with E-state index in [1.54, 1.807) is 0 Å². The van der Waals surface area contributed by atoms with Crippen molar-refractivity contribution in [3.05, 3.63) is 133 Å². The Balaban J connectivity index is 1.31. The van der Waals surface area contributed by atoms with Gasteiger partial charge in [0.1, 0.15) is 0 Å². The molecule has 2 heteroatoms. The van der Waals surface area contributed by atoms with Crippen molar-refractivity contribution in [3.63, 3.8) is 0 Å². The van der Waals surface area contributed by atoms with Gasteiger partial charge in [-0.3, -0.25) is 0 Å². The highest BCUT2D eigenvalue weighted by atomic mass is 14.9. The second kappa shape index (κ2) is 8.47. The molecule has 0 spiro atoms. The first-order chi connectivity index (χ1) is 19.3. The summed E-state index contributed by atoms with van der Waals surface area (Å²) in [7, 11) is 0. The van der Waals surface area contributed by atoms with Gasteiger partial charge in [0.05, 0.1) is 0 Å². The van der Waals surface area contributed by atoms with E-state index in [9.17, 15) is 0 Å². The lowest BCUT2D eigenvalue weighted by Gasteiger charge is -2.20. The molecule has 0 radical (unpaired) electrons. The monoisotopic (exact) mass is 498 g/mol. The fourth-order valence-electron chi connectivity index (χ4n) is 6.40. The molecule has 0 aliphatic heterocycles. The minimum atomic E-state index is 0.712. The number of benzene rings is 8. The molecule has 0 aliphatic carbocycles. The van der Waals surface area contributed by atoms with Gasteiger partial charge in [0.15, 0.2) is 0 Å². The van der Waals surface area contributed by atoms with Gasteiger partial charge in [-0.15, -0.1) is 0 Å². The third-order valence-electron chi connectivity index (χ3n) is 8.23. The zero-order chi connectivity index (χ0) is 25.9. The van der Waals surface area contributed by atoms with Gasteiger partial charge in [-0.05, 0) is 71.6 Å². The van der Waals surface area contributed by atoms with E-state index in [0.717, 1.165) is 22.5 Å². The summed E-state index contributed by atoms with van der Waals surface area (Å²) >= 11 is 0. The molecule has 0 aromatic heterocycles. The van der Waals surface area contributed by atoms with E-state index in [-0.39, 0.29) is 0 Å². The molecule has 0 amide bonds. The summed E-state index contributed by atoms with van der Waals surface area (Å²) < 4.78 is 0. The normalized spacial score (nSPS) is 11.8. The molecule has 0 saturated heterocycles. The lowest BCUT2D eigenvalue weighted by atomic mass is 9.90. The second-order valence-electron chi connectivity index (χ2n) is 10.4. The molecular weight excluding hydrogens is 472 g/mol. The van der Waals surface area contributed by atoms with E-state index >= 15 is 0 Å². The Bertz CT molecular complexity index is 2180. The molecule has 0 atom stereocenters. The molecule has 0 fully saturated rings. The molecule has 8 aromatic rings. The molecule has 39 heavy (non-hydrogen) atoms. The van der Waals surface area contributed by atoms with Crippen LogP contribution < -0.4 is 11.1 Å². The lowest BCUT2D eigenvalue weighted by Crippen LogP contribution is -2.03. The first kappa shape index (κ1) is 22.0. The quantitative estimate of drug-likeness (QED) is 0.187. The number of nitrogen functional groups attached to an aromatic ring is 1. The SMILES string of the molecule is Nc1ccc2ccccc2c1-c1c(NCc2ccc3ccc4cccc5ccc2c3c45)ccc2ccccc12. The summed E-state index contributed by atoms with van der Waals surface area (Å²) in [4.78, 5) is 0. The van der Waals surface area contributed by atoms with E-state index < -0.39 is 0 Å². The van der Waals surface area contributed by atoms with Crippen LogP contribution in [0.5, 0.6) is 0 Å². The molecule has 3 N–H and O–H groups in total. The number of nitrogens with two attached hydrogens (primary N) is 1. The van der Waals surface area contributed by atoms with Crippen LogP contribution in [0.1, 0.15) is 5.56 Å². The Morgan fingerprint density at radius 2 is 1.00 bits per heavy atom. The molecule has 8 aromatic carbocycles. The maximum absolute atomic E-state index is 6.72. The van der Waals surface area contributed by atoms with Gasteiger partial charge in [-0.25, -0.2) is 0 Å². The molecule has 0 saturated carbocycles. The van der Waals surface area contributed by atoms with Crippen molar-refractivity contribution in [2.45, 2.75) is 6.54 Å². The maximum Gasteiger partial charge on any atom is 0.0430 e. The van der Waals surface area contributed by atoms with E-state index in [0.29, 0.717) is 6.54 Å². The van der Waals surface area contributed by atoms with Crippen LogP contribution in [0.15, 0.2) is 127 Å². The molecular formula is C37H26N2. The minimum absolute atomic E-state index is 0.712. The number of rotatable bonds is 4. The van der Waals surface area contributed by atoms with Crippen molar-refractivity contribution in [2.75, 3.05) is 11.1 Å². The van der Waals surface area contributed by atoms with Gasteiger partial charge < -0.3 is 11.1 Å². The van der Waals surface area contributed by atoms with Gasteiger partial charge in [0, 0.05) is 29.0 Å². The van der Waals surface area contributed by atoms with Crippen molar-refractivity contribution in [2.24, 2.45) is 0 Å². The Morgan fingerprint density at radius 3 is 1.77 bits per heavy atom. The van der Waals surface area contributed by atoms with Crippen LogP contribution >= 0.6 is 0 Å². The topological polar surface area (TPSA) is 38.0 Å². The van der Waals surface area contributed by atoms with Crippen molar-refractivity contribution < 1.29 is 0 Å². The van der Waals surface area contributed by atoms with Crippen LogP contribution in [0.25, 0.3) is 65.0 Å². The van der Waals surface area contributed by atoms with Crippen LogP contribution in [-0.4, -0.2) is 0 Å². The zero-order valence-corrected chi connectivity index (χ0v) is 21.4. The number of nitrogens with one attached hydrogen (secondary N) is 1. The standard InChI is InChI=1S/C37H26N2/c38-32-20-17-23-6-1-3-10-29(23)36(32)37-30-11-4-2-7-24(30)18-21-33(37)39-22-28-15-14-27-13-12-25-8-5-9-26-16-19-31(28)35(27)34(25)26/h1-21,39H,22,38H2. The fraction of sp³-hybridized carbons (Fsp3) is 0.0270. The second-order valence-corrected chi connectivity index (χ2v) is 10.4. The van der Waals surface area contributed by atoms with Crippen molar-refractivity contribution in [3.8, 4) is 11.1 Å². The summed E-state index contributed by atoms with van der Waals surface area (Å²) in [5.41, 5.74) is 12.1. The van der Waals surface area contributed by atoms with Gasteiger partial charge in [-0.1, -0.05) is 115 Å². The van der Waals surface area contributed by atoms with Crippen LogP contribution in [0.3, 0.4) is 0 Å². The number of anilines is 2. The maximum atomic E-state index is 6.72. The Morgan fingerprint density at radius 1 is 0.436 bits per heavy atom. The summed E-state index contributed by atoms with van der Waals surface area (Å²) in [5.74, 6) is 0. The van der Waals surface area contributed by atoms with Crippen molar-refractivity contribution >= 4 is 65.2 Å². The number of fused-ring (bicyclic) bond motifs is 2. The minimum Gasteiger partial charge on any atom is -0.398 e. The first-order valence-electron chi connectivity index (χ1n) is 13.4. The molecule has 0 unspecified atom stereocenters. The Hall–Kier alpha value is -5.08. The fourth-order valence-corrected chi connectivity index (χ4v) is 6.40. The molecule has 184 valence electrons. The molecule has 0 aliphatic rings. The predicted octanol–water partition coefficient (Wildman–Crippen LogP) is 9.75. The van der Waals surface area contributed by atoms with E-state index in [1.165, 1.54) is 59.4 Å². The highest BCUT2D eigenvalue weighted by molar-refractivity contribution is 6.23. The summed E-state index contributed by atoms with van der Waals surface area (Å²) in [6.07, 6.45) is 0. The number of hydrogen-bond acceptors (Lipinski definition) is 2. The van der Waals surface area contributed by atoms with Gasteiger partial charge in [0.2, 0.25) is 0 Å². The number of hydrogen-bond donors (Lipinski definition) is 2. The predicted molar refractivity (Wildman–Crippen MR) is 169 cm³/mol. The Labute approximate surface area is 226 Å². The third-order valence-corrected chi connectivity index (χ3v) is 8.23. The smallest absolute Gasteiger partial charge is 0.0430 e. The summed E-state index contributed by atoms with van der Waals surface area (Å²) in [6.45, 7) is 0.712. The average Bonchev–Trinajstić information content (AvgIpc) is 2.99. The van der Waals surface area contributed by atoms with Gasteiger partial charge in [0.25, 0.3) is 0 Å². The van der Waals surface area contributed by atoms with Crippen molar-refractivity contribution in [1.29, 1.82) is 0 Å². The van der Waals surface area contributed by atoms with E-state index in [2.05, 4.69) is 127 Å². The highest BCUT2D eigenvalue weighted by Crippen LogP contribution is 2.43. The van der Waals surface area contributed by atoms with Crippen LogP contribution in [-0.2, 0) is 6.54 Å². The van der Waals surface area contributed by atoms with Crippen LogP contribution in [0.2, 0.25) is 0 Å². The first-order valence-corrected chi connectivity index (χ1v) is 13.4. The Kier molecular flexibility index (Phi) is 4.77.